The minimum absolute atomic E-state index is 0.0400. The summed E-state index contributed by atoms with van der Waals surface area (Å²) in [5.74, 6) is -1.99. The average molecular weight is 560 g/mol. The van der Waals surface area contributed by atoms with Crippen LogP contribution in [-0.4, -0.2) is 50.0 Å². The number of carbonyl (C=O) groups is 3. The van der Waals surface area contributed by atoms with Crippen LogP contribution in [0.1, 0.15) is 44.2 Å². The highest BCUT2D eigenvalue weighted by Crippen LogP contribution is 2.28. The fourth-order valence-electron chi connectivity index (χ4n) is 5.66. The first kappa shape index (κ1) is 27.9. The molecule has 1 aliphatic rings. The minimum atomic E-state index is -1.23. The van der Waals surface area contributed by atoms with Gasteiger partial charge in [-0.3, -0.25) is 19.2 Å². The van der Waals surface area contributed by atoms with Crippen LogP contribution in [0, 0.1) is 11.8 Å². The second-order valence-electron chi connectivity index (χ2n) is 10.8. The molecule has 2 atom stereocenters. The van der Waals surface area contributed by atoms with Crippen molar-refractivity contribution < 1.29 is 19.5 Å². The Morgan fingerprint density at radius 2 is 1.61 bits per heavy atom. The number of carbonyl (C=O) groups excluding carboxylic acids is 2. The molecule has 11 nitrogen and oxygen atoms in total. The first-order chi connectivity index (χ1) is 19.7. The predicted octanol–water partition coefficient (Wildman–Crippen LogP) is 2.47. The highest BCUT2D eigenvalue weighted by Gasteiger charge is 2.30. The molecular formula is C30H33N5O6. The highest BCUT2D eigenvalue weighted by atomic mass is 16.4. The lowest BCUT2D eigenvalue weighted by atomic mass is 9.82. The molecule has 4 aromatic rings. The number of rotatable bonds is 9. The summed E-state index contributed by atoms with van der Waals surface area (Å²) in [6, 6.07) is 12.0. The van der Waals surface area contributed by atoms with E-state index in [-0.39, 0.29) is 23.6 Å². The number of hydrogen-bond donors (Lipinski definition) is 5. The summed E-state index contributed by atoms with van der Waals surface area (Å²) >= 11 is 0. The number of aromatic nitrogens is 3. The Labute approximate surface area is 235 Å². The standard InChI is InChI=1S/C30H33N5O6/c1-17(26(36)32-15-18-10-12-19(13-11-18)29(39)40)33-27(37)25(14-20-16-31-23-8-4-2-6-21(20)23)35-28(38)22-7-3-5-9-24(22)34-30(35)41/h2-9,16-19,25,31H,10-15H2,1H3,(H,32,36)(H,33,37)(H,34,41)(H,39,40). The Balaban J connectivity index is 1.36. The molecule has 214 valence electrons. The van der Waals surface area contributed by atoms with E-state index >= 15 is 0 Å². The summed E-state index contributed by atoms with van der Waals surface area (Å²) in [6.45, 7) is 1.93. The zero-order chi connectivity index (χ0) is 29.1. The van der Waals surface area contributed by atoms with Crippen molar-refractivity contribution in [3.05, 3.63) is 81.1 Å². The van der Waals surface area contributed by atoms with Gasteiger partial charge in [-0.15, -0.1) is 0 Å². The lowest BCUT2D eigenvalue weighted by Gasteiger charge is -2.27. The fraction of sp³-hybridized carbons (Fsp3) is 0.367. The average Bonchev–Trinajstić information content (AvgIpc) is 3.38. The number of carboxylic acids is 1. The molecular weight excluding hydrogens is 526 g/mol. The summed E-state index contributed by atoms with van der Waals surface area (Å²) in [6.07, 6.45) is 4.36. The number of hydrogen-bond acceptors (Lipinski definition) is 5. The minimum Gasteiger partial charge on any atom is -0.481 e. The molecule has 0 aliphatic heterocycles. The largest absolute Gasteiger partial charge is 0.481 e. The molecule has 0 radical (unpaired) electrons. The van der Waals surface area contributed by atoms with Gasteiger partial charge in [0.2, 0.25) is 11.8 Å². The molecule has 41 heavy (non-hydrogen) atoms. The Morgan fingerprint density at radius 1 is 0.951 bits per heavy atom. The zero-order valence-corrected chi connectivity index (χ0v) is 22.7. The van der Waals surface area contributed by atoms with Gasteiger partial charge in [-0.25, -0.2) is 9.36 Å². The maximum Gasteiger partial charge on any atom is 0.329 e. The number of fused-ring (bicyclic) bond motifs is 2. The first-order valence-electron chi connectivity index (χ1n) is 13.8. The van der Waals surface area contributed by atoms with E-state index in [1.165, 1.54) is 0 Å². The Bertz CT molecular complexity index is 1710. The van der Waals surface area contributed by atoms with Gasteiger partial charge in [0, 0.05) is 30.1 Å². The van der Waals surface area contributed by atoms with Gasteiger partial charge in [-0.2, -0.15) is 0 Å². The van der Waals surface area contributed by atoms with E-state index in [0.29, 0.717) is 37.7 Å². The van der Waals surface area contributed by atoms with Gasteiger partial charge in [-0.1, -0.05) is 30.3 Å². The van der Waals surface area contributed by atoms with E-state index in [1.54, 1.807) is 37.4 Å². The smallest absolute Gasteiger partial charge is 0.329 e. The molecule has 5 N–H and O–H groups in total. The number of carboxylic acid groups (broad SMARTS) is 1. The van der Waals surface area contributed by atoms with Crippen molar-refractivity contribution in [2.24, 2.45) is 11.8 Å². The Morgan fingerprint density at radius 3 is 2.32 bits per heavy atom. The van der Waals surface area contributed by atoms with Gasteiger partial charge in [0.05, 0.1) is 16.8 Å². The lowest BCUT2D eigenvalue weighted by Crippen LogP contribution is -2.51. The number of nitrogens with zero attached hydrogens (tertiary/aromatic N) is 1. The maximum atomic E-state index is 13.7. The van der Waals surface area contributed by atoms with Crippen LogP contribution in [0.15, 0.2) is 64.3 Å². The second kappa shape index (κ2) is 11.8. The quantitative estimate of drug-likeness (QED) is 0.211. The van der Waals surface area contributed by atoms with Crippen molar-refractivity contribution in [2.45, 2.75) is 51.1 Å². The van der Waals surface area contributed by atoms with E-state index in [0.717, 1.165) is 21.0 Å². The topological polar surface area (TPSA) is 166 Å². The first-order valence-corrected chi connectivity index (χ1v) is 13.8. The summed E-state index contributed by atoms with van der Waals surface area (Å²) in [5.41, 5.74) is 0.650. The van der Waals surface area contributed by atoms with Crippen LogP contribution >= 0.6 is 0 Å². The molecule has 1 aliphatic carbocycles. The van der Waals surface area contributed by atoms with Crippen LogP contribution in [0.5, 0.6) is 0 Å². The van der Waals surface area contributed by atoms with Crippen LogP contribution in [0.4, 0.5) is 0 Å². The molecule has 1 fully saturated rings. The third-order valence-corrected chi connectivity index (χ3v) is 8.05. The van der Waals surface area contributed by atoms with Crippen molar-refractivity contribution in [2.75, 3.05) is 6.54 Å². The molecule has 1 saturated carbocycles. The van der Waals surface area contributed by atoms with Crippen LogP contribution in [0.3, 0.4) is 0 Å². The molecule has 2 aromatic heterocycles. The van der Waals surface area contributed by atoms with Gasteiger partial charge < -0.3 is 25.7 Å². The summed E-state index contributed by atoms with van der Waals surface area (Å²) in [7, 11) is 0. The molecule has 0 saturated heterocycles. The van der Waals surface area contributed by atoms with Gasteiger partial charge in [0.1, 0.15) is 12.1 Å². The van der Waals surface area contributed by atoms with Crippen molar-refractivity contribution in [1.82, 2.24) is 25.2 Å². The van der Waals surface area contributed by atoms with Crippen molar-refractivity contribution in [1.29, 1.82) is 0 Å². The van der Waals surface area contributed by atoms with E-state index in [9.17, 15) is 29.1 Å². The predicted molar refractivity (Wildman–Crippen MR) is 154 cm³/mol. The summed E-state index contributed by atoms with van der Waals surface area (Å²) < 4.78 is 0.922. The number of amides is 2. The van der Waals surface area contributed by atoms with Crippen LogP contribution in [0.2, 0.25) is 0 Å². The fourth-order valence-corrected chi connectivity index (χ4v) is 5.66. The zero-order valence-electron chi connectivity index (χ0n) is 22.7. The van der Waals surface area contributed by atoms with E-state index in [1.807, 2.05) is 24.3 Å². The van der Waals surface area contributed by atoms with Gasteiger partial charge in [0.25, 0.3) is 5.56 Å². The molecule has 0 bridgehead atoms. The van der Waals surface area contributed by atoms with Crippen LogP contribution in [0.25, 0.3) is 21.8 Å². The normalized spacial score (nSPS) is 18.6. The molecule has 2 unspecified atom stereocenters. The Hall–Kier alpha value is -4.67. The van der Waals surface area contributed by atoms with Crippen molar-refractivity contribution in [3.63, 3.8) is 0 Å². The summed E-state index contributed by atoms with van der Waals surface area (Å²) in [4.78, 5) is 70.3. The van der Waals surface area contributed by atoms with E-state index in [4.69, 9.17) is 0 Å². The van der Waals surface area contributed by atoms with E-state index < -0.39 is 41.1 Å². The number of aliphatic carboxylic acids is 1. The SMILES string of the molecule is CC(NC(=O)C(Cc1c[nH]c2ccccc12)n1c(=O)[nH]c2ccccc2c1=O)C(=O)NCC1CCC(C(=O)O)CC1. The number of para-hydroxylation sites is 2. The number of aromatic amines is 2. The summed E-state index contributed by atoms with van der Waals surface area (Å²) in [5, 5.41) is 15.9. The van der Waals surface area contributed by atoms with Gasteiger partial charge in [0.15, 0.2) is 0 Å². The molecule has 2 heterocycles. The maximum absolute atomic E-state index is 13.7. The van der Waals surface area contributed by atoms with Crippen molar-refractivity contribution >= 4 is 39.6 Å². The van der Waals surface area contributed by atoms with Crippen molar-refractivity contribution in [3.8, 4) is 0 Å². The highest BCUT2D eigenvalue weighted by molar-refractivity contribution is 5.90. The number of nitrogens with one attached hydrogen (secondary N) is 4. The molecule has 2 amide bonds. The second-order valence-corrected chi connectivity index (χ2v) is 10.8. The number of H-pyrrole nitrogens is 2. The van der Waals surface area contributed by atoms with Gasteiger partial charge in [-0.05, 0) is 62.3 Å². The van der Waals surface area contributed by atoms with E-state index in [2.05, 4.69) is 20.6 Å². The molecule has 2 aromatic carbocycles. The third-order valence-electron chi connectivity index (χ3n) is 8.05. The molecule has 0 spiro atoms. The third kappa shape index (κ3) is 5.93. The van der Waals surface area contributed by atoms with Crippen LogP contribution < -0.4 is 21.9 Å². The Kier molecular flexibility index (Phi) is 8.04. The van der Waals surface area contributed by atoms with Gasteiger partial charge >= 0.3 is 11.7 Å². The monoisotopic (exact) mass is 559 g/mol. The number of benzene rings is 2. The molecule has 5 rings (SSSR count). The lowest BCUT2D eigenvalue weighted by molar-refractivity contribution is -0.143. The van der Waals surface area contributed by atoms with Crippen LogP contribution in [-0.2, 0) is 20.8 Å². The molecule has 11 heteroatoms.